The van der Waals surface area contributed by atoms with Crippen molar-refractivity contribution in [1.29, 1.82) is 0 Å². The lowest BCUT2D eigenvalue weighted by Gasteiger charge is -2.17. The van der Waals surface area contributed by atoms with E-state index in [1.54, 1.807) is 0 Å². The highest BCUT2D eigenvalue weighted by molar-refractivity contribution is 5.47. The lowest BCUT2D eigenvalue weighted by atomic mass is 10.1. The summed E-state index contributed by atoms with van der Waals surface area (Å²) in [5.74, 6) is 0. The monoisotopic (exact) mass is 190 g/mol. The van der Waals surface area contributed by atoms with Gasteiger partial charge in [0.05, 0.1) is 0 Å². The summed E-state index contributed by atoms with van der Waals surface area (Å²) in [5.41, 5.74) is 8.13. The van der Waals surface area contributed by atoms with E-state index in [-0.39, 0.29) is 6.04 Å². The van der Waals surface area contributed by atoms with Crippen molar-refractivity contribution in [3.8, 4) is 0 Å². The Kier molecular flexibility index (Phi) is 3.72. The molecule has 0 unspecified atom stereocenters. The van der Waals surface area contributed by atoms with Gasteiger partial charge in [-0.05, 0) is 24.6 Å². The van der Waals surface area contributed by atoms with Gasteiger partial charge in [-0.25, -0.2) is 0 Å². The smallest absolute Gasteiger partial charge is 0.0366 e. The van der Waals surface area contributed by atoms with Crippen LogP contribution in [0.4, 0.5) is 5.69 Å². The second-order valence-corrected chi connectivity index (χ2v) is 3.55. The van der Waals surface area contributed by atoms with Gasteiger partial charge in [-0.15, -0.1) is 6.58 Å². The molecule has 0 spiro atoms. The van der Waals surface area contributed by atoms with Crippen LogP contribution >= 0.6 is 0 Å². The fourth-order valence-electron chi connectivity index (χ4n) is 1.33. The zero-order valence-corrected chi connectivity index (χ0v) is 8.90. The molecule has 2 heteroatoms. The molecule has 0 aliphatic heterocycles. The number of anilines is 1. The molecule has 0 aromatic heterocycles. The van der Waals surface area contributed by atoms with Crippen molar-refractivity contribution in [3.63, 3.8) is 0 Å². The SMILES string of the molecule is C=CCN(C)c1ccc([C@H](C)N)cc1. The zero-order valence-electron chi connectivity index (χ0n) is 8.90. The lowest BCUT2D eigenvalue weighted by Crippen LogP contribution is -2.16. The molecule has 1 atom stereocenters. The molecule has 0 fully saturated rings. The van der Waals surface area contributed by atoms with Crippen LogP contribution in [0, 0.1) is 0 Å². The fraction of sp³-hybridized carbons (Fsp3) is 0.333. The third-order valence-corrected chi connectivity index (χ3v) is 2.26. The van der Waals surface area contributed by atoms with Gasteiger partial charge in [-0.3, -0.25) is 0 Å². The molecule has 1 aromatic rings. The van der Waals surface area contributed by atoms with E-state index in [0.717, 1.165) is 6.54 Å². The van der Waals surface area contributed by atoms with E-state index >= 15 is 0 Å². The van der Waals surface area contributed by atoms with Crippen LogP contribution in [0.15, 0.2) is 36.9 Å². The van der Waals surface area contributed by atoms with Gasteiger partial charge in [-0.2, -0.15) is 0 Å². The van der Waals surface area contributed by atoms with Gasteiger partial charge in [0, 0.05) is 25.3 Å². The Bertz CT molecular complexity index is 288. The van der Waals surface area contributed by atoms with Gasteiger partial charge in [0.1, 0.15) is 0 Å². The maximum Gasteiger partial charge on any atom is 0.0366 e. The first-order valence-corrected chi connectivity index (χ1v) is 4.82. The topological polar surface area (TPSA) is 29.3 Å². The van der Waals surface area contributed by atoms with Gasteiger partial charge in [0.2, 0.25) is 0 Å². The number of benzene rings is 1. The summed E-state index contributed by atoms with van der Waals surface area (Å²) in [6.07, 6.45) is 1.89. The van der Waals surface area contributed by atoms with Crippen LogP contribution in [0.3, 0.4) is 0 Å². The fourth-order valence-corrected chi connectivity index (χ4v) is 1.33. The van der Waals surface area contributed by atoms with Gasteiger partial charge in [-0.1, -0.05) is 18.2 Å². The molecular formula is C12H18N2. The second kappa shape index (κ2) is 4.82. The lowest BCUT2D eigenvalue weighted by molar-refractivity contribution is 0.818. The van der Waals surface area contributed by atoms with Crippen LogP contribution in [-0.4, -0.2) is 13.6 Å². The van der Waals surface area contributed by atoms with Crippen LogP contribution in [0.1, 0.15) is 18.5 Å². The summed E-state index contributed by atoms with van der Waals surface area (Å²) < 4.78 is 0. The summed E-state index contributed by atoms with van der Waals surface area (Å²) in [7, 11) is 2.04. The van der Waals surface area contributed by atoms with Crippen molar-refractivity contribution in [2.24, 2.45) is 5.73 Å². The van der Waals surface area contributed by atoms with E-state index in [1.807, 2.05) is 20.0 Å². The molecular weight excluding hydrogens is 172 g/mol. The molecule has 0 saturated carbocycles. The van der Waals surface area contributed by atoms with Crippen LogP contribution in [-0.2, 0) is 0 Å². The Morgan fingerprint density at radius 3 is 2.43 bits per heavy atom. The van der Waals surface area contributed by atoms with Crippen molar-refractivity contribution in [2.45, 2.75) is 13.0 Å². The highest BCUT2D eigenvalue weighted by Gasteiger charge is 2.01. The quantitative estimate of drug-likeness (QED) is 0.738. The van der Waals surface area contributed by atoms with Gasteiger partial charge in [0.25, 0.3) is 0 Å². The highest BCUT2D eigenvalue weighted by Crippen LogP contribution is 2.16. The first kappa shape index (κ1) is 10.8. The molecule has 0 aliphatic carbocycles. The first-order chi connectivity index (χ1) is 6.65. The van der Waals surface area contributed by atoms with Gasteiger partial charge < -0.3 is 10.6 Å². The minimum atomic E-state index is 0.105. The molecule has 0 heterocycles. The van der Waals surface area contributed by atoms with Gasteiger partial charge >= 0.3 is 0 Å². The third kappa shape index (κ3) is 2.60. The van der Waals surface area contributed by atoms with Crippen LogP contribution in [0.5, 0.6) is 0 Å². The average molecular weight is 190 g/mol. The van der Waals surface area contributed by atoms with Crippen LogP contribution in [0.25, 0.3) is 0 Å². The number of nitrogens with two attached hydrogens (primary N) is 1. The second-order valence-electron chi connectivity index (χ2n) is 3.55. The molecule has 0 amide bonds. The van der Waals surface area contributed by atoms with Crippen LogP contribution in [0.2, 0.25) is 0 Å². The van der Waals surface area contributed by atoms with Crippen molar-refractivity contribution >= 4 is 5.69 Å². The van der Waals surface area contributed by atoms with E-state index < -0.39 is 0 Å². The zero-order chi connectivity index (χ0) is 10.6. The highest BCUT2D eigenvalue weighted by atomic mass is 15.1. The van der Waals surface area contributed by atoms with Crippen molar-refractivity contribution < 1.29 is 0 Å². The minimum Gasteiger partial charge on any atom is -0.371 e. The molecule has 0 aliphatic rings. The molecule has 1 rings (SSSR count). The summed E-state index contributed by atoms with van der Waals surface area (Å²) in [4.78, 5) is 2.14. The average Bonchev–Trinajstić information content (AvgIpc) is 2.18. The number of nitrogens with zero attached hydrogens (tertiary/aromatic N) is 1. The first-order valence-electron chi connectivity index (χ1n) is 4.82. The Balaban J connectivity index is 2.77. The predicted molar refractivity (Wildman–Crippen MR) is 62.5 cm³/mol. The normalized spacial score (nSPS) is 12.2. The van der Waals surface area contributed by atoms with E-state index in [2.05, 4.69) is 35.7 Å². The standard InChI is InChI=1S/C12H18N2/c1-4-9-14(3)12-7-5-11(6-8-12)10(2)13/h4-8,10H,1,9,13H2,2-3H3/t10-/m0/s1. The van der Waals surface area contributed by atoms with Crippen molar-refractivity contribution in [1.82, 2.24) is 0 Å². The Labute approximate surface area is 86.0 Å². The number of hydrogen-bond acceptors (Lipinski definition) is 2. The summed E-state index contributed by atoms with van der Waals surface area (Å²) >= 11 is 0. The summed E-state index contributed by atoms with van der Waals surface area (Å²) in [6, 6.07) is 8.41. The van der Waals surface area contributed by atoms with E-state index in [9.17, 15) is 0 Å². The van der Waals surface area contributed by atoms with E-state index in [0.29, 0.717) is 0 Å². The predicted octanol–water partition coefficient (Wildman–Crippen LogP) is 2.33. The molecule has 14 heavy (non-hydrogen) atoms. The van der Waals surface area contributed by atoms with Crippen LogP contribution < -0.4 is 10.6 Å². The molecule has 0 bridgehead atoms. The summed E-state index contributed by atoms with van der Waals surface area (Å²) in [5, 5.41) is 0. The molecule has 76 valence electrons. The Morgan fingerprint density at radius 2 is 2.00 bits per heavy atom. The minimum absolute atomic E-state index is 0.105. The van der Waals surface area contributed by atoms with Crippen molar-refractivity contribution in [2.75, 3.05) is 18.5 Å². The molecule has 0 radical (unpaired) electrons. The van der Waals surface area contributed by atoms with Gasteiger partial charge in [0.15, 0.2) is 0 Å². The number of likely N-dealkylation sites (N-methyl/N-ethyl adjacent to an activating group) is 1. The van der Waals surface area contributed by atoms with Crippen molar-refractivity contribution in [3.05, 3.63) is 42.5 Å². The van der Waals surface area contributed by atoms with E-state index in [4.69, 9.17) is 5.73 Å². The number of hydrogen-bond donors (Lipinski definition) is 1. The molecule has 2 nitrogen and oxygen atoms in total. The Hall–Kier alpha value is -1.28. The number of rotatable bonds is 4. The molecule has 0 saturated heterocycles. The molecule has 2 N–H and O–H groups in total. The Morgan fingerprint density at radius 1 is 1.43 bits per heavy atom. The maximum absolute atomic E-state index is 5.77. The van der Waals surface area contributed by atoms with E-state index in [1.165, 1.54) is 11.3 Å². The largest absolute Gasteiger partial charge is 0.371 e. The maximum atomic E-state index is 5.77. The summed E-state index contributed by atoms with van der Waals surface area (Å²) in [6.45, 7) is 6.56. The molecule has 1 aromatic carbocycles. The third-order valence-electron chi connectivity index (χ3n) is 2.26.